The lowest BCUT2D eigenvalue weighted by Crippen LogP contribution is -2.16. The number of hydrogen-bond donors (Lipinski definition) is 1. The van der Waals surface area contributed by atoms with Crippen molar-refractivity contribution < 1.29 is 9.18 Å². The summed E-state index contributed by atoms with van der Waals surface area (Å²) in [4.78, 5) is 18.4. The zero-order chi connectivity index (χ0) is 17.4. The first-order valence-corrected chi connectivity index (χ1v) is 9.98. The zero-order valence-corrected chi connectivity index (χ0v) is 15.3. The largest absolute Gasteiger partial charge is 0.298 e. The molecule has 0 spiro atoms. The standard InChI is InChI=1S/C19H17FN2OS2/c1-11-2-7-14-15(9-24-17(14)8-11)18(23)22-19-21-16(10-25-19)12-3-5-13(20)6-4-12/h3-6,9-11H,2,7-8H2,1H3,(H,21,22,23). The molecule has 0 radical (unpaired) electrons. The van der Waals surface area contributed by atoms with E-state index in [9.17, 15) is 9.18 Å². The number of fused-ring (bicyclic) bond motifs is 1. The van der Waals surface area contributed by atoms with Gasteiger partial charge in [-0.3, -0.25) is 10.1 Å². The molecule has 0 saturated carbocycles. The van der Waals surface area contributed by atoms with Crippen LogP contribution in [0.25, 0.3) is 11.3 Å². The smallest absolute Gasteiger partial charge is 0.258 e. The molecule has 6 heteroatoms. The van der Waals surface area contributed by atoms with Crippen molar-refractivity contribution in [3.8, 4) is 11.3 Å². The maximum absolute atomic E-state index is 13.0. The zero-order valence-electron chi connectivity index (χ0n) is 13.7. The van der Waals surface area contributed by atoms with Crippen LogP contribution >= 0.6 is 22.7 Å². The maximum Gasteiger partial charge on any atom is 0.258 e. The van der Waals surface area contributed by atoms with Crippen molar-refractivity contribution in [2.45, 2.75) is 26.2 Å². The Morgan fingerprint density at radius 3 is 2.84 bits per heavy atom. The van der Waals surface area contributed by atoms with Gasteiger partial charge in [0.15, 0.2) is 5.13 Å². The van der Waals surface area contributed by atoms with Gasteiger partial charge in [0.1, 0.15) is 5.82 Å². The number of aromatic nitrogens is 1. The van der Waals surface area contributed by atoms with Crippen LogP contribution < -0.4 is 5.32 Å². The Balaban J connectivity index is 1.51. The Morgan fingerprint density at radius 1 is 1.24 bits per heavy atom. The molecule has 4 rings (SSSR count). The SMILES string of the molecule is CC1CCc2c(C(=O)Nc3nc(-c4ccc(F)cc4)cs3)csc2C1. The van der Waals surface area contributed by atoms with Gasteiger partial charge in [0.2, 0.25) is 0 Å². The second-order valence-corrected chi connectivity index (χ2v) is 8.22. The van der Waals surface area contributed by atoms with E-state index in [4.69, 9.17) is 0 Å². The van der Waals surface area contributed by atoms with Crippen molar-refractivity contribution in [2.24, 2.45) is 5.92 Å². The van der Waals surface area contributed by atoms with E-state index in [0.29, 0.717) is 11.0 Å². The highest BCUT2D eigenvalue weighted by Gasteiger charge is 2.23. The molecule has 128 valence electrons. The van der Waals surface area contributed by atoms with Crippen molar-refractivity contribution in [1.29, 1.82) is 0 Å². The molecule has 1 N–H and O–H groups in total. The number of carbonyl (C=O) groups excluding carboxylic acids is 1. The first-order valence-electron chi connectivity index (χ1n) is 8.22. The summed E-state index contributed by atoms with van der Waals surface area (Å²) in [5.41, 5.74) is 3.56. The summed E-state index contributed by atoms with van der Waals surface area (Å²) in [6.45, 7) is 2.26. The second kappa shape index (κ2) is 6.69. The van der Waals surface area contributed by atoms with E-state index >= 15 is 0 Å². The van der Waals surface area contributed by atoms with E-state index in [1.54, 1.807) is 23.5 Å². The van der Waals surface area contributed by atoms with Gasteiger partial charge in [0.05, 0.1) is 11.3 Å². The highest BCUT2D eigenvalue weighted by Crippen LogP contribution is 2.33. The summed E-state index contributed by atoms with van der Waals surface area (Å²) >= 11 is 3.06. The fourth-order valence-corrected chi connectivity index (χ4v) is 5.08. The van der Waals surface area contributed by atoms with E-state index in [1.165, 1.54) is 33.9 Å². The number of nitrogens with zero attached hydrogens (tertiary/aromatic N) is 1. The van der Waals surface area contributed by atoms with Gasteiger partial charge in [-0.1, -0.05) is 6.92 Å². The van der Waals surface area contributed by atoms with Crippen LogP contribution in [0.2, 0.25) is 0 Å². The van der Waals surface area contributed by atoms with Crippen LogP contribution in [0.3, 0.4) is 0 Å². The Bertz CT molecular complexity index is 914. The van der Waals surface area contributed by atoms with Gasteiger partial charge in [0.25, 0.3) is 5.91 Å². The molecule has 1 amide bonds. The number of nitrogens with one attached hydrogen (secondary N) is 1. The Morgan fingerprint density at radius 2 is 2.04 bits per heavy atom. The number of carbonyl (C=O) groups is 1. The van der Waals surface area contributed by atoms with Crippen molar-refractivity contribution in [3.63, 3.8) is 0 Å². The number of hydrogen-bond acceptors (Lipinski definition) is 4. The fraction of sp³-hybridized carbons (Fsp3) is 0.263. The highest BCUT2D eigenvalue weighted by atomic mass is 32.1. The summed E-state index contributed by atoms with van der Waals surface area (Å²) in [6.07, 6.45) is 3.18. The van der Waals surface area contributed by atoms with Crippen molar-refractivity contribution in [2.75, 3.05) is 5.32 Å². The second-order valence-electron chi connectivity index (χ2n) is 6.40. The lowest BCUT2D eigenvalue weighted by Gasteiger charge is -2.18. The molecular weight excluding hydrogens is 355 g/mol. The first-order chi connectivity index (χ1) is 12.1. The molecule has 1 aliphatic rings. The molecule has 25 heavy (non-hydrogen) atoms. The number of halogens is 1. The third kappa shape index (κ3) is 3.37. The summed E-state index contributed by atoms with van der Waals surface area (Å²) in [6, 6.07) is 6.19. The molecule has 3 nitrogen and oxygen atoms in total. The van der Waals surface area contributed by atoms with Crippen LogP contribution in [0.4, 0.5) is 9.52 Å². The predicted molar refractivity (Wildman–Crippen MR) is 101 cm³/mol. The molecule has 2 heterocycles. The average molecular weight is 372 g/mol. The minimum absolute atomic E-state index is 0.0907. The van der Waals surface area contributed by atoms with E-state index in [2.05, 4.69) is 17.2 Å². The van der Waals surface area contributed by atoms with Crippen LogP contribution in [0.15, 0.2) is 35.0 Å². The van der Waals surface area contributed by atoms with Gasteiger partial charge in [0, 0.05) is 21.2 Å². The highest BCUT2D eigenvalue weighted by molar-refractivity contribution is 7.14. The minimum Gasteiger partial charge on any atom is -0.298 e. The maximum atomic E-state index is 13.0. The third-order valence-corrected chi connectivity index (χ3v) is 6.32. The molecule has 1 unspecified atom stereocenters. The lowest BCUT2D eigenvalue weighted by molar-refractivity contribution is 0.102. The molecule has 3 aromatic rings. The van der Waals surface area contributed by atoms with Crippen molar-refractivity contribution >= 4 is 33.7 Å². The number of thiophene rings is 1. The van der Waals surface area contributed by atoms with Gasteiger partial charge in [-0.15, -0.1) is 22.7 Å². The molecule has 0 aliphatic heterocycles. The van der Waals surface area contributed by atoms with Gasteiger partial charge in [-0.2, -0.15) is 0 Å². The van der Waals surface area contributed by atoms with Gasteiger partial charge >= 0.3 is 0 Å². The molecule has 0 fully saturated rings. The van der Waals surface area contributed by atoms with E-state index in [-0.39, 0.29) is 11.7 Å². The summed E-state index contributed by atoms with van der Waals surface area (Å²) < 4.78 is 13.0. The third-order valence-electron chi connectivity index (χ3n) is 4.51. The lowest BCUT2D eigenvalue weighted by atomic mass is 9.88. The predicted octanol–water partition coefficient (Wildman–Crippen LogP) is 5.39. The molecule has 2 aromatic heterocycles. The first kappa shape index (κ1) is 16.4. The van der Waals surface area contributed by atoms with Gasteiger partial charge < -0.3 is 0 Å². The molecule has 1 aromatic carbocycles. The fourth-order valence-electron chi connectivity index (χ4n) is 3.12. The van der Waals surface area contributed by atoms with Gasteiger partial charge in [-0.05, 0) is 55.0 Å². The summed E-state index contributed by atoms with van der Waals surface area (Å²) in [5, 5.41) is 7.31. The average Bonchev–Trinajstić information content (AvgIpc) is 3.22. The summed E-state index contributed by atoms with van der Waals surface area (Å²) in [7, 11) is 0. The number of benzene rings is 1. The van der Waals surface area contributed by atoms with Crippen LogP contribution in [-0.4, -0.2) is 10.9 Å². The van der Waals surface area contributed by atoms with Crippen LogP contribution in [0.5, 0.6) is 0 Å². The number of anilines is 1. The normalized spacial score (nSPS) is 16.5. The van der Waals surface area contributed by atoms with Crippen LogP contribution in [-0.2, 0) is 12.8 Å². The molecule has 1 atom stereocenters. The Labute approximate surface area is 153 Å². The minimum atomic E-state index is -0.274. The molecular formula is C19H17FN2OS2. The molecule has 0 saturated heterocycles. The van der Waals surface area contributed by atoms with Crippen LogP contribution in [0, 0.1) is 11.7 Å². The number of amides is 1. The van der Waals surface area contributed by atoms with Crippen molar-refractivity contribution in [3.05, 3.63) is 56.8 Å². The van der Waals surface area contributed by atoms with Crippen LogP contribution in [0.1, 0.15) is 34.1 Å². The number of thiazole rings is 1. The Hall–Kier alpha value is -2.05. The topological polar surface area (TPSA) is 42.0 Å². The number of rotatable bonds is 3. The van der Waals surface area contributed by atoms with E-state index < -0.39 is 0 Å². The summed E-state index contributed by atoms with van der Waals surface area (Å²) in [5.74, 6) is 0.329. The van der Waals surface area contributed by atoms with E-state index in [1.807, 2.05) is 10.8 Å². The molecule has 0 bridgehead atoms. The van der Waals surface area contributed by atoms with E-state index in [0.717, 1.165) is 36.1 Å². The molecule has 1 aliphatic carbocycles. The quantitative estimate of drug-likeness (QED) is 0.670. The monoisotopic (exact) mass is 372 g/mol. The van der Waals surface area contributed by atoms with Gasteiger partial charge in [-0.25, -0.2) is 9.37 Å². The van der Waals surface area contributed by atoms with Crippen molar-refractivity contribution in [1.82, 2.24) is 4.98 Å². The Kier molecular flexibility index (Phi) is 4.39.